The second kappa shape index (κ2) is 50.3. The van der Waals surface area contributed by atoms with E-state index in [1.807, 2.05) is 0 Å². The van der Waals surface area contributed by atoms with Crippen LogP contribution >= 0.6 is 0 Å². The fraction of sp³-hybridized carbons (Fsp3) is 0.836. The van der Waals surface area contributed by atoms with Crippen molar-refractivity contribution in [3.63, 3.8) is 0 Å². The fourth-order valence-corrected chi connectivity index (χ4v) is 7.60. The summed E-state index contributed by atoms with van der Waals surface area (Å²) in [6, 6.07) is 0. The molecule has 1 atom stereocenters. The average Bonchev–Trinajstić information content (AvgIpc) is 3.26. The third-order valence-electron chi connectivity index (χ3n) is 11.6. The van der Waals surface area contributed by atoms with Crippen LogP contribution in [-0.2, 0) is 28.6 Å². The van der Waals surface area contributed by atoms with E-state index >= 15 is 0 Å². The summed E-state index contributed by atoms with van der Waals surface area (Å²) in [5.74, 6) is -0.880. The van der Waals surface area contributed by atoms with Gasteiger partial charge < -0.3 is 14.2 Å². The van der Waals surface area contributed by atoms with E-state index in [0.717, 1.165) is 64.2 Å². The Balaban J connectivity index is 4.38. The van der Waals surface area contributed by atoms with E-state index in [4.69, 9.17) is 14.2 Å². The molecule has 0 saturated carbocycles. The van der Waals surface area contributed by atoms with Gasteiger partial charge in [0.2, 0.25) is 0 Å². The minimum atomic E-state index is -0.775. The number of carbonyl (C=O) groups is 3. The molecule has 0 bridgehead atoms. The molecule has 0 heterocycles. The third-order valence-corrected chi connectivity index (χ3v) is 11.6. The van der Waals surface area contributed by atoms with Crippen molar-refractivity contribution in [1.29, 1.82) is 0 Å². The van der Waals surface area contributed by atoms with Crippen molar-refractivity contribution in [1.82, 2.24) is 0 Å². The lowest BCUT2D eigenvalue weighted by Gasteiger charge is -2.18. The maximum absolute atomic E-state index is 12.8. The second-order valence-electron chi connectivity index (χ2n) is 17.8. The van der Waals surface area contributed by atoms with Gasteiger partial charge in [-0.3, -0.25) is 14.4 Å². The molecule has 61 heavy (non-hydrogen) atoms. The van der Waals surface area contributed by atoms with Gasteiger partial charge in [-0.05, 0) is 70.6 Å². The summed E-state index contributed by atoms with van der Waals surface area (Å²) in [4.78, 5) is 38.0. The Morgan fingerprint density at radius 2 is 0.590 bits per heavy atom. The maximum Gasteiger partial charge on any atom is 0.306 e. The molecule has 0 fully saturated rings. The van der Waals surface area contributed by atoms with E-state index in [9.17, 15) is 14.4 Å². The monoisotopic (exact) mass is 857 g/mol. The van der Waals surface area contributed by atoms with Gasteiger partial charge in [0.05, 0.1) is 0 Å². The summed E-state index contributed by atoms with van der Waals surface area (Å²) >= 11 is 0. The van der Waals surface area contributed by atoms with Crippen LogP contribution in [0.3, 0.4) is 0 Å². The zero-order chi connectivity index (χ0) is 44.4. The van der Waals surface area contributed by atoms with Crippen LogP contribution in [0.2, 0.25) is 0 Å². The first kappa shape index (κ1) is 58.6. The molecule has 0 aliphatic carbocycles. The molecular formula is C55H100O6. The van der Waals surface area contributed by atoms with Gasteiger partial charge in [0.25, 0.3) is 0 Å². The predicted octanol–water partition coefficient (Wildman–Crippen LogP) is 17.3. The highest BCUT2D eigenvalue weighted by molar-refractivity contribution is 5.71. The number of rotatable bonds is 48. The van der Waals surface area contributed by atoms with Crippen LogP contribution < -0.4 is 0 Å². The summed E-state index contributed by atoms with van der Waals surface area (Å²) in [5.41, 5.74) is 0. The first-order valence-corrected chi connectivity index (χ1v) is 26.5. The molecule has 0 aliphatic rings. The molecule has 0 amide bonds. The molecule has 0 aromatic carbocycles. The van der Waals surface area contributed by atoms with E-state index in [2.05, 4.69) is 57.2 Å². The lowest BCUT2D eigenvalue weighted by Crippen LogP contribution is -2.30. The molecule has 0 N–H and O–H groups in total. The van der Waals surface area contributed by atoms with Gasteiger partial charge in [-0.2, -0.15) is 0 Å². The Bertz CT molecular complexity index is 1030. The first-order valence-electron chi connectivity index (χ1n) is 26.5. The molecule has 0 aliphatic heterocycles. The molecule has 0 saturated heterocycles. The molecule has 1 unspecified atom stereocenters. The SMILES string of the molecule is CCCCC/C=C\C=C/CCCCCCCCC(=O)OCC(COC(=O)CCCCCCCCCCCCCCC)OC(=O)CCCCCCCCC/C=C\CCCCCC. The van der Waals surface area contributed by atoms with E-state index in [1.165, 1.54) is 173 Å². The molecule has 0 aromatic rings. The van der Waals surface area contributed by atoms with E-state index in [0.29, 0.717) is 19.3 Å². The van der Waals surface area contributed by atoms with Crippen molar-refractivity contribution < 1.29 is 28.6 Å². The maximum atomic E-state index is 12.8. The number of hydrogen-bond acceptors (Lipinski definition) is 6. The van der Waals surface area contributed by atoms with Crippen molar-refractivity contribution in [3.05, 3.63) is 36.5 Å². The Hall–Kier alpha value is -2.37. The largest absolute Gasteiger partial charge is 0.462 e. The molecular weight excluding hydrogens is 757 g/mol. The smallest absolute Gasteiger partial charge is 0.306 e. The molecule has 0 radical (unpaired) electrons. The normalized spacial score (nSPS) is 12.2. The minimum absolute atomic E-state index is 0.0746. The van der Waals surface area contributed by atoms with Crippen LogP contribution in [-0.4, -0.2) is 37.2 Å². The zero-order valence-corrected chi connectivity index (χ0v) is 40.7. The first-order chi connectivity index (χ1) is 30.0. The summed E-state index contributed by atoms with van der Waals surface area (Å²) in [7, 11) is 0. The van der Waals surface area contributed by atoms with Crippen LogP contribution in [0.1, 0.15) is 278 Å². The average molecular weight is 857 g/mol. The van der Waals surface area contributed by atoms with Crippen LogP contribution in [0.5, 0.6) is 0 Å². The lowest BCUT2D eigenvalue weighted by atomic mass is 10.0. The highest BCUT2D eigenvalue weighted by atomic mass is 16.6. The van der Waals surface area contributed by atoms with Crippen LogP contribution in [0.4, 0.5) is 0 Å². The highest BCUT2D eigenvalue weighted by Crippen LogP contribution is 2.15. The number of allylic oxidation sites excluding steroid dienone is 6. The van der Waals surface area contributed by atoms with Gasteiger partial charge in [-0.15, -0.1) is 0 Å². The van der Waals surface area contributed by atoms with Gasteiger partial charge in [-0.1, -0.05) is 224 Å². The summed E-state index contributed by atoms with van der Waals surface area (Å²) in [6.45, 7) is 6.60. The Labute approximate surface area is 378 Å². The van der Waals surface area contributed by atoms with Crippen molar-refractivity contribution in [2.24, 2.45) is 0 Å². The molecule has 6 nitrogen and oxygen atoms in total. The Morgan fingerprint density at radius 3 is 0.967 bits per heavy atom. The summed E-state index contributed by atoms with van der Waals surface area (Å²) in [5, 5.41) is 0. The quantitative estimate of drug-likeness (QED) is 0.0199. The van der Waals surface area contributed by atoms with Crippen molar-refractivity contribution in [2.75, 3.05) is 13.2 Å². The van der Waals surface area contributed by atoms with Crippen molar-refractivity contribution in [3.8, 4) is 0 Å². The number of hydrogen-bond donors (Lipinski definition) is 0. The fourth-order valence-electron chi connectivity index (χ4n) is 7.60. The number of carbonyl (C=O) groups excluding carboxylic acids is 3. The Morgan fingerprint density at radius 1 is 0.328 bits per heavy atom. The van der Waals surface area contributed by atoms with Gasteiger partial charge in [-0.25, -0.2) is 0 Å². The molecule has 0 aromatic heterocycles. The van der Waals surface area contributed by atoms with Gasteiger partial charge in [0.1, 0.15) is 13.2 Å². The van der Waals surface area contributed by atoms with E-state index in [1.54, 1.807) is 0 Å². The standard InChI is InChI=1S/C55H100O6/c1-4-7-10-13-16-19-22-25-27-30-33-36-39-42-45-48-54(57)60-51-52(50-59-53(56)47-44-41-38-35-32-29-24-21-18-15-12-9-6-3)61-55(58)49-46-43-40-37-34-31-28-26-23-20-17-14-11-8-5-2/h16,19-20,22-23,25,52H,4-15,17-18,21,24,26-51H2,1-3H3/b19-16-,23-20-,25-22-. The van der Waals surface area contributed by atoms with Crippen molar-refractivity contribution >= 4 is 17.9 Å². The second-order valence-corrected chi connectivity index (χ2v) is 17.8. The van der Waals surface area contributed by atoms with E-state index < -0.39 is 6.10 Å². The molecule has 0 spiro atoms. The van der Waals surface area contributed by atoms with Crippen LogP contribution in [0.15, 0.2) is 36.5 Å². The molecule has 6 heteroatoms. The zero-order valence-electron chi connectivity index (χ0n) is 40.7. The number of esters is 3. The van der Waals surface area contributed by atoms with Crippen LogP contribution in [0, 0.1) is 0 Å². The number of ether oxygens (including phenoxy) is 3. The van der Waals surface area contributed by atoms with Crippen LogP contribution in [0.25, 0.3) is 0 Å². The number of unbranched alkanes of at least 4 members (excludes halogenated alkanes) is 32. The molecule has 356 valence electrons. The van der Waals surface area contributed by atoms with Gasteiger partial charge >= 0.3 is 17.9 Å². The Kier molecular flexibility index (Phi) is 48.3. The summed E-state index contributed by atoms with van der Waals surface area (Å²) in [6.07, 6.45) is 58.3. The van der Waals surface area contributed by atoms with E-state index in [-0.39, 0.29) is 31.1 Å². The topological polar surface area (TPSA) is 78.9 Å². The highest BCUT2D eigenvalue weighted by Gasteiger charge is 2.19. The lowest BCUT2D eigenvalue weighted by molar-refractivity contribution is -0.167. The van der Waals surface area contributed by atoms with Gasteiger partial charge in [0.15, 0.2) is 6.10 Å². The summed E-state index contributed by atoms with van der Waals surface area (Å²) < 4.78 is 16.8. The van der Waals surface area contributed by atoms with Crippen molar-refractivity contribution in [2.45, 2.75) is 284 Å². The molecule has 0 rings (SSSR count). The third kappa shape index (κ3) is 48.5. The van der Waals surface area contributed by atoms with Gasteiger partial charge in [0, 0.05) is 19.3 Å². The predicted molar refractivity (Wildman–Crippen MR) is 261 cm³/mol. The minimum Gasteiger partial charge on any atom is -0.462 e.